The fraction of sp³-hybridized carbons (Fsp3) is 0.300. The highest BCUT2D eigenvalue weighted by atomic mass is 32.2. The number of benzene rings is 1. The maximum Gasteiger partial charge on any atom is 0.328 e. The van der Waals surface area contributed by atoms with Crippen molar-refractivity contribution in [2.45, 2.75) is 10.9 Å². The Balaban J connectivity index is 2.74. The Kier molecular flexibility index (Phi) is 4.45. The van der Waals surface area contributed by atoms with E-state index >= 15 is 0 Å². The minimum absolute atomic E-state index is 0.432. The first kappa shape index (κ1) is 11.9. The van der Waals surface area contributed by atoms with Gasteiger partial charge in [0.05, 0.1) is 6.61 Å². The maximum absolute atomic E-state index is 10.7. The van der Waals surface area contributed by atoms with Crippen LogP contribution in [0.5, 0.6) is 0 Å². The standard InChI is InChI=1S/C10H13NO3S/c1-15-8-4-2-3-7(5-8)11-9(6-12)10(13)14/h2-5,9,11-12H,6H2,1H3,(H,13,14)/t9-/m1/s1. The van der Waals surface area contributed by atoms with Gasteiger partial charge in [-0.15, -0.1) is 11.8 Å². The highest BCUT2D eigenvalue weighted by Gasteiger charge is 2.15. The van der Waals surface area contributed by atoms with Crippen LogP contribution in [0.15, 0.2) is 29.2 Å². The van der Waals surface area contributed by atoms with Gasteiger partial charge in [-0.2, -0.15) is 0 Å². The van der Waals surface area contributed by atoms with Crippen LogP contribution in [-0.2, 0) is 4.79 Å². The molecule has 0 aliphatic carbocycles. The Morgan fingerprint density at radius 2 is 2.33 bits per heavy atom. The van der Waals surface area contributed by atoms with Crippen molar-refractivity contribution in [3.05, 3.63) is 24.3 Å². The second kappa shape index (κ2) is 5.63. The summed E-state index contributed by atoms with van der Waals surface area (Å²) in [5.41, 5.74) is 0.698. The molecule has 0 amide bonds. The third-order valence-electron chi connectivity index (χ3n) is 1.89. The summed E-state index contributed by atoms with van der Waals surface area (Å²) in [4.78, 5) is 11.7. The largest absolute Gasteiger partial charge is 0.480 e. The van der Waals surface area contributed by atoms with E-state index in [1.807, 2.05) is 24.5 Å². The number of aliphatic carboxylic acids is 1. The highest BCUT2D eigenvalue weighted by molar-refractivity contribution is 7.98. The van der Waals surface area contributed by atoms with E-state index in [0.717, 1.165) is 4.90 Å². The van der Waals surface area contributed by atoms with Crippen LogP contribution >= 0.6 is 11.8 Å². The zero-order valence-corrected chi connectivity index (χ0v) is 9.12. The quantitative estimate of drug-likeness (QED) is 0.661. The lowest BCUT2D eigenvalue weighted by atomic mass is 10.2. The average molecular weight is 227 g/mol. The summed E-state index contributed by atoms with van der Waals surface area (Å²) < 4.78 is 0. The molecule has 15 heavy (non-hydrogen) atoms. The van der Waals surface area contributed by atoms with Crippen LogP contribution in [0.25, 0.3) is 0 Å². The second-order valence-electron chi connectivity index (χ2n) is 2.95. The number of thioether (sulfide) groups is 1. The molecule has 3 N–H and O–H groups in total. The average Bonchev–Trinajstić information content (AvgIpc) is 2.25. The molecule has 5 heteroatoms. The number of rotatable bonds is 5. The third-order valence-corrected chi connectivity index (χ3v) is 2.62. The molecule has 0 unspecified atom stereocenters. The van der Waals surface area contributed by atoms with E-state index < -0.39 is 18.6 Å². The summed E-state index contributed by atoms with van der Waals surface area (Å²) in [6, 6.07) is 6.43. The topological polar surface area (TPSA) is 69.6 Å². The number of hydrogen-bond donors (Lipinski definition) is 3. The van der Waals surface area contributed by atoms with Gasteiger partial charge in [0.2, 0.25) is 0 Å². The molecule has 0 spiro atoms. The van der Waals surface area contributed by atoms with Crippen LogP contribution < -0.4 is 5.32 Å². The first-order valence-electron chi connectivity index (χ1n) is 4.41. The Morgan fingerprint density at radius 1 is 1.60 bits per heavy atom. The lowest BCUT2D eigenvalue weighted by molar-refractivity contribution is -0.138. The Labute approximate surface area is 92.3 Å². The molecular weight excluding hydrogens is 214 g/mol. The summed E-state index contributed by atoms with van der Waals surface area (Å²) >= 11 is 1.58. The fourth-order valence-corrected chi connectivity index (χ4v) is 1.56. The number of carboxylic acids is 1. The number of aliphatic hydroxyl groups is 1. The van der Waals surface area contributed by atoms with Gasteiger partial charge in [0.25, 0.3) is 0 Å². The predicted molar refractivity (Wildman–Crippen MR) is 60.4 cm³/mol. The highest BCUT2D eigenvalue weighted by Crippen LogP contribution is 2.19. The second-order valence-corrected chi connectivity index (χ2v) is 3.83. The molecule has 1 aromatic rings. The Morgan fingerprint density at radius 3 is 2.87 bits per heavy atom. The molecule has 1 rings (SSSR count). The van der Waals surface area contributed by atoms with Gasteiger partial charge in [-0.25, -0.2) is 4.79 Å². The van der Waals surface area contributed by atoms with Crippen LogP contribution in [0.2, 0.25) is 0 Å². The van der Waals surface area contributed by atoms with Gasteiger partial charge in [-0.3, -0.25) is 0 Å². The molecule has 0 aliphatic heterocycles. The van der Waals surface area contributed by atoms with E-state index in [-0.39, 0.29) is 0 Å². The molecule has 0 bridgehead atoms. The number of hydrogen-bond acceptors (Lipinski definition) is 4. The number of nitrogens with one attached hydrogen (secondary N) is 1. The fourth-order valence-electron chi connectivity index (χ4n) is 1.10. The molecule has 82 valence electrons. The van der Waals surface area contributed by atoms with Crippen molar-refractivity contribution < 1.29 is 15.0 Å². The van der Waals surface area contributed by atoms with Gasteiger partial charge in [0, 0.05) is 10.6 Å². The molecule has 0 heterocycles. The molecule has 0 radical (unpaired) electrons. The van der Waals surface area contributed by atoms with E-state index in [1.165, 1.54) is 0 Å². The molecule has 1 atom stereocenters. The van der Waals surface area contributed by atoms with Crippen molar-refractivity contribution in [1.82, 2.24) is 0 Å². The van der Waals surface area contributed by atoms with Crippen molar-refractivity contribution in [3.8, 4) is 0 Å². The minimum atomic E-state index is -1.06. The van der Waals surface area contributed by atoms with Crippen molar-refractivity contribution in [1.29, 1.82) is 0 Å². The lowest BCUT2D eigenvalue weighted by Crippen LogP contribution is -2.32. The van der Waals surface area contributed by atoms with Crippen LogP contribution in [0.1, 0.15) is 0 Å². The van der Waals surface area contributed by atoms with Gasteiger partial charge >= 0.3 is 5.97 Å². The van der Waals surface area contributed by atoms with Crippen LogP contribution in [0.4, 0.5) is 5.69 Å². The predicted octanol–water partition coefficient (Wildman–Crippen LogP) is 1.27. The monoisotopic (exact) mass is 227 g/mol. The lowest BCUT2D eigenvalue weighted by Gasteiger charge is -2.13. The van der Waals surface area contributed by atoms with Crippen molar-refractivity contribution in [2.24, 2.45) is 0 Å². The summed E-state index contributed by atoms with van der Waals surface area (Å²) in [6.07, 6.45) is 1.94. The van der Waals surface area contributed by atoms with E-state index in [2.05, 4.69) is 5.32 Å². The van der Waals surface area contributed by atoms with E-state index in [4.69, 9.17) is 10.2 Å². The molecular formula is C10H13NO3S. The smallest absolute Gasteiger partial charge is 0.328 e. The van der Waals surface area contributed by atoms with Gasteiger partial charge in [0.15, 0.2) is 0 Å². The molecule has 0 saturated carbocycles. The summed E-state index contributed by atoms with van der Waals surface area (Å²) in [5.74, 6) is -1.06. The van der Waals surface area contributed by atoms with Crippen LogP contribution in [-0.4, -0.2) is 35.1 Å². The first-order chi connectivity index (χ1) is 7.17. The number of carbonyl (C=O) groups is 1. The van der Waals surface area contributed by atoms with E-state index in [1.54, 1.807) is 17.8 Å². The molecule has 0 fully saturated rings. The van der Waals surface area contributed by atoms with Crippen molar-refractivity contribution in [3.63, 3.8) is 0 Å². The normalized spacial score (nSPS) is 12.1. The van der Waals surface area contributed by atoms with Crippen molar-refractivity contribution in [2.75, 3.05) is 18.2 Å². The van der Waals surface area contributed by atoms with Gasteiger partial charge < -0.3 is 15.5 Å². The molecule has 0 aromatic heterocycles. The number of carboxylic acid groups (broad SMARTS) is 1. The van der Waals surface area contributed by atoms with Crippen LogP contribution in [0, 0.1) is 0 Å². The summed E-state index contributed by atoms with van der Waals surface area (Å²) in [6.45, 7) is -0.432. The van der Waals surface area contributed by atoms with Gasteiger partial charge in [-0.05, 0) is 24.5 Å². The summed E-state index contributed by atoms with van der Waals surface area (Å²) in [7, 11) is 0. The van der Waals surface area contributed by atoms with Crippen molar-refractivity contribution >= 4 is 23.4 Å². The Bertz CT molecular complexity index is 343. The zero-order valence-electron chi connectivity index (χ0n) is 8.30. The minimum Gasteiger partial charge on any atom is -0.480 e. The molecule has 0 saturated heterocycles. The number of aliphatic hydroxyl groups excluding tert-OH is 1. The molecule has 1 aromatic carbocycles. The van der Waals surface area contributed by atoms with E-state index in [0.29, 0.717) is 5.69 Å². The van der Waals surface area contributed by atoms with E-state index in [9.17, 15) is 4.79 Å². The Hall–Kier alpha value is -1.20. The summed E-state index contributed by atoms with van der Waals surface area (Å²) in [5, 5.41) is 20.3. The first-order valence-corrected chi connectivity index (χ1v) is 5.64. The maximum atomic E-state index is 10.7. The molecule has 4 nitrogen and oxygen atoms in total. The van der Waals surface area contributed by atoms with Gasteiger partial charge in [-0.1, -0.05) is 6.07 Å². The SMILES string of the molecule is CSc1cccc(N[C@H](CO)C(=O)O)c1. The molecule has 0 aliphatic rings. The van der Waals surface area contributed by atoms with Gasteiger partial charge in [0.1, 0.15) is 6.04 Å². The van der Waals surface area contributed by atoms with Crippen LogP contribution in [0.3, 0.4) is 0 Å². The number of anilines is 1. The third kappa shape index (κ3) is 3.45. The zero-order chi connectivity index (χ0) is 11.3.